The van der Waals surface area contributed by atoms with Gasteiger partial charge in [0.1, 0.15) is 17.1 Å². The van der Waals surface area contributed by atoms with E-state index in [9.17, 15) is 18.0 Å². The van der Waals surface area contributed by atoms with E-state index in [2.05, 4.69) is 9.97 Å². The summed E-state index contributed by atoms with van der Waals surface area (Å²) in [6, 6.07) is 3.72. The number of benzene rings is 1. The highest BCUT2D eigenvalue weighted by molar-refractivity contribution is 5.88. The zero-order valence-electron chi connectivity index (χ0n) is 10.3. The molecule has 0 bridgehead atoms. The molecule has 0 saturated carbocycles. The van der Waals surface area contributed by atoms with Crippen molar-refractivity contribution in [3.8, 4) is 11.4 Å². The van der Waals surface area contributed by atoms with Gasteiger partial charge in [-0.1, -0.05) is 0 Å². The highest BCUT2D eigenvalue weighted by Crippen LogP contribution is 2.25. The maximum atomic E-state index is 13.0. The zero-order valence-corrected chi connectivity index (χ0v) is 10.3. The van der Waals surface area contributed by atoms with Gasteiger partial charge in [-0.25, -0.2) is 27.9 Å². The number of halogens is 3. The molecule has 0 unspecified atom stereocenters. The quantitative estimate of drug-likeness (QED) is 0.938. The van der Waals surface area contributed by atoms with Gasteiger partial charge in [-0.15, -0.1) is 0 Å². The van der Waals surface area contributed by atoms with Gasteiger partial charge in [-0.3, -0.25) is 0 Å². The number of aromatic nitrogens is 2. The van der Waals surface area contributed by atoms with Crippen molar-refractivity contribution in [2.45, 2.75) is 13.3 Å². The van der Waals surface area contributed by atoms with Crippen LogP contribution in [0, 0.1) is 12.7 Å². The molecule has 0 spiro atoms. The van der Waals surface area contributed by atoms with E-state index in [1.54, 1.807) is 6.92 Å². The molecule has 0 atom stereocenters. The number of alkyl halides is 2. The Morgan fingerprint density at radius 1 is 1.35 bits per heavy atom. The van der Waals surface area contributed by atoms with Crippen molar-refractivity contribution < 1.29 is 23.1 Å². The number of hydrogen-bond acceptors (Lipinski definition) is 3. The lowest BCUT2D eigenvalue weighted by Gasteiger charge is -2.08. The van der Waals surface area contributed by atoms with E-state index >= 15 is 0 Å². The van der Waals surface area contributed by atoms with Gasteiger partial charge in [0.2, 0.25) is 0 Å². The Morgan fingerprint density at radius 2 is 2.05 bits per heavy atom. The summed E-state index contributed by atoms with van der Waals surface area (Å²) >= 11 is 0. The standard InChI is InChI=1S/C13H9F3N2O2/c1-6-4-7(14)2-3-8(6)12-17-5-9(13(19)20)10(18-12)11(15)16/h2-5,11H,1H3,(H,19,20). The van der Waals surface area contributed by atoms with Crippen molar-refractivity contribution in [2.75, 3.05) is 0 Å². The minimum Gasteiger partial charge on any atom is -0.478 e. The second-order valence-electron chi connectivity index (χ2n) is 4.06. The van der Waals surface area contributed by atoms with E-state index < -0.39 is 29.5 Å². The lowest BCUT2D eigenvalue weighted by molar-refractivity contribution is 0.0681. The van der Waals surface area contributed by atoms with Crippen LogP contribution < -0.4 is 0 Å². The fraction of sp³-hybridized carbons (Fsp3) is 0.154. The third-order valence-electron chi connectivity index (χ3n) is 2.68. The van der Waals surface area contributed by atoms with Crippen molar-refractivity contribution in [3.63, 3.8) is 0 Å². The van der Waals surface area contributed by atoms with Gasteiger partial charge in [-0.2, -0.15) is 0 Å². The van der Waals surface area contributed by atoms with Crippen LogP contribution in [0.25, 0.3) is 11.4 Å². The minimum absolute atomic E-state index is 0.0669. The molecule has 0 amide bonds. The monoisotopic (exact) mass is 282 g/mol. The van der Waals surface area contributed by atoms with Crippen LogP contribution in [0.15, 0.2) is 24.4 Å². The molecule has 1 N–H and O–H groups in total. The number of hydrogen-bond donors (Lipinski definition) is 1. The Balaban J connectivity index is 2.59. The number of carbonyl (C=O) groups is 1. The van der Waals surface area contributed by atoms with Crippen LogP contribution in [0.4, 0.5) is 13.2 Å². The molecular formula is C13H9F3N2O2. The average Bonchev–Trinajstić information content (AvgIpc) is 2.37. The lowest BCUT2D eigenvalue weighted by Crippen LogP contribution is -2.08. The van der Waals surface area contributed by atoms with Crippen LogP contribution in [-0.2, 0) is 0 Å². The molecule has 0 fully saturated rings. The van der Waals surface area contributed by atoms with E-state index in [0.717, 1.165) is 12.3 Å². The van der Waals surface area contributed by atoms with Gasteiger partial charge in [0, 0.05) is 11.8 Å². The van der Waals surface area contributed by atoms with E-state index in [0.29, 0.717) is 11.1 Å². The Bertz CT molecular complexity index is 675. The predicted molar refractivity (Wildman–Crippen MR) is 64.1 cm³/mol. The maximum absolute atomic E-state index is 13.0. The highest BCUT2D eigenvalue weighted by Gasteiger charge is 2.22. The number of rotatable bonds is 3. The fourth-order valence-electron chi connectivity index (χ4n) is 1.73. The number of nitrogens with zero attached hydrogens (tertiary/aromatic N) is 2. The third kappa shape index (κ3) is 2.61. The predicted octanol–water partition coefficient (Wildman–Crippen LogP) is 3.23. The Labute approximate surface area is 111 Å². The first kappa shape index (κ1) is 14.0. The van der Waals surface area contributed by atoms with Crippen LogP contribution in [0.3, 0.4) is 0 Å². The third-order valence-corrected chi connectivity index (χ3v) is 2.68. The molecule has 0 radical (unpaired) electrons. The summed E-state index contributed by atoms with van der Waals surface area (Å²) in [4.78, 5) is 18.2. The molecule has 1 heterocycles. The summed E-state index contributed by atoms with van der Waals surface area (Å²) in [5.41, 5.74) is -0.673. The van der Waals surface area contributed by atoms with Crippen LogP contribution in [-0.4, -0.2) is 21.0 Å². The first-order valence-electron chi connectivity index (χ1n) is 5.55. The average molecular weight is 282 g/mol. The van der Waals surface area contributed by atoms with E-state index in [1.165, 1.54) is 12.1 Å². The lowest BCUT2D eigenvalue weighted by atomic mass is 10.1. The molecule has 1 aromatic heterocycles. The molecule has 104 valence electrons. The second kappa shape index (κ2) is 5.28. The van der Waals surface area contributed by atoms with Crippen molar-refractivity contribution in [1.29, 1.82) is 0 Å². The largest absolute Gasteiger partial charge is 0.478 e. The van der Waals surface area contributed by atoms with Crippen molar-refractivity contribution in [2.24, 2.45) is 0 Å². The summed E-state index contributed by atoms with van der Waals surface area (Å²) in [7, 11) is 0. The second-order valence-corrected chi connectivity index (χ2v) is 4.06. The molecule has 0 aliphatic rings. The first-order valence-corrected chi connectivity index (χ1v) is 5.55. The number of aromatic carboxylic acids is 1. The molecule has 7 heteroatoms. The summed E-state index contributed by atoms with van der Waals surface area (Å²) in [6.07, 6.45) is -2.21. The first-order chi connectivity index (χ1) is 9.40. The molecule has 0 aliphatic heterocycles. The molecule has 0 saturated heterocycles. The van der Waals surface area contributed by atoms with Crippen LogP contribution >= 0.6 is 0 Å². The molecule has 20 heavy (non-hydrogen) atoms. The molecule has 2 rings (SSSR count). The summed E-state index contributed by atoms with van der Waals surface area (Å²) in [6.45, 7) is 1.58. The smallest absolute Gasteiger partial charge is 0.339 e. The zero-order chi connectivity index (χ0) is 14.9. The van der Waals surface area contributed by atoms with Gasteiger partial charge < -0.3 is 5.11 Å². The molecule has 4 nitrogen and oxygen atoms in total. The van der Waals surface area contributed by atoms with Crippen molar-refractivity contribution in [3.05, 3.63) is 47.0 Å². The fourth-order valence-corrected chi connectivity index (χ4v) is 1.73. The van der Waals surface area contributed by atoms with E-state index in [1.807, 2.05) is 0 Å². The molecule has 0 aliphatic carbocycles. The summed E-state index contributed by atoms with van der Waals surface area (Å²) in [5.74, 6) is -2.06. The normalized spacial score (nSPS) is 10.8. The Hall–Kier alpha value is -2.44. The Kier molecular flexibility index (Phi) is 3.69. The summed E-state index contributed by atoms with van der Waals surface area (Å²) < 4.78 is 38.7. The summed E-state index contributed by atoms with van der Waals surface area (Å²) in [5, 5.41) is 8.80. The van der Waals surface area contributed by atoms with Gasteiger partial charge in [0.05, 0.1) is 0 Å². The maximum Gasteiger partial charge on any atom is 0.339 e. The molecule has 1 aromatic carbocycles. The molecule has 2 aromatic rings. The van der Waals surface area contributed by atoms with E-state index in [-0.39, 0.29) is 5.82 Å². The van der Waals surface area contributed by atoms with Crippen LogP contribution in [0.5, 0.6) is 0 Å². The minimum atomic E-state index is -3.04. The van der Waals surface area contributed by atoms with Crippen LogP contribution in [0.2, 0.25) is 0 Å². The van der Waals surface area contributed by atoms with Crippen LogP contribution in [0.1, 0.15) is 28.0 Å². The number of carboxylic acid groups (broad SMARTS) is 1. The highest BCUT2D eigenvalue weighted by atomic mass is 19.3. The van der Waals surface area contributed by atoms with Gasteiger partial charge in [0.15, 0.2) is 5.82 Å². The Morgan fingerprint density at radius 3 is 2.60 bits per heavy atom. The van der Waals surface area contributed by atoms with Gasteiger partial charge in [0.25, 0.3) is 6.43 Å². The topological polar surface area (TPSA) is 63.1 Å². The SMILES string of the molecule is Cc1cc(F)ccc1-c1ncc(C(=O)O)c(C(F)F)n1. The van der Waals surface area contributed by atoms with Gasteiger partial charge >= 0.3 is 5.97 Å². The van der Waals surface area contributed by atoms with E-state index in [4.69, 9.17) is 5.11 Å². The van der Waals surface area contributed by atoms with Crippen molar-refractivity contribution >= 4 is 5.97 Å². The molecular weight excluding hydrogens is 273 g/mol. The van der Waals surface area contributed by atoms with Gasteiger partial charge in [-0.05, 0) is 30.7 Å². The van der Waals surface area contributed by atoms with Crippen molar-refractivity contribution in [1.82, 2.24) is 9.97 Å². The number of aryl methyl sites for hydroxylation is 1. The number of carboxylic acids is 1.